The number of carbonyl (C=O) groups is 2. The van der Waals surface area contributed by atoms with E-state index in [0.717, 1.165) is 5.56 Å². The molecule has 2 aromatic rings. The van der Waals surface area contributed by atoms with Crippen LogP contribution in [0.2, 0.25) is 0 Å². The fourth-order valence-corrected chi connectivity index (χ4v) is 2.61. The van der Waals surface area contributed by atoms with Crippen LogP contribution in [0.1, 0.15) is 15.9 Å². The number of fused-ring (bicyclic) bond motifs is 1. The summed E-state index contributed by atoms with van der Waals surface area (Å²) in [5.41, 5.74) is 1.24. The van der Waals surface area contributed by atoms with E-state index in [-0.39, 0.29) is 12.5 Å². The summed E-state index contributed by atoms with van der Waals surface area (Å²) in [7, 11) is 1.33. The Labute approximate surface area is 141 Å². The Bertz CT molecular complexity index is 778. The smallest absolute Gasteiger partial charge is 0.337 e. The van der Waals surface area contributed by atoms with Crippen LogP contribution >= 0.6 is 15.9 Å². The molecule has 0 bridgehead atoms. The molecule has 1 amide bonds. The van der Waals surface area contributed by atoms with Crippen molar-refractivity contribution in [1.29, 1.82) is 0 Å². The fraction of sp³-hybridized carbons (Fsp3) is 0.188. The summed E-state index contributed by atoms with van der Waals surface area (Å²) >= 11 is 3.30. The summed E-state index contributed by atoms with van der Waals surface area (Å²) in [6.07, 6.45) is 0. The number of ether oxygens (including phenoxy) is 2. The first-order valence-corrected chi connectivity index (χ1v) is 7.65. The standard InChI is InChI=1S/C16H13BrN2O4/c1-22-16(21)11-4-2-3-10(7-11)8-19-14(20)9-23-12-5-6-13(17)18-15(12)19/h2-7H,8-9H2,1H3. The minimum atomic E-state index is -0.415. The lowest BCUT2D eigenvalue weighted by molar-refractivity contribution is -0.121. The molecule has 0 radical (unpaired) electrons. The van der Waals surface area contributed by atoms with Crippen molar-refractivity contribution in [2.75, 3.05) is 18.6 Å². The highest BCUT2D eigenvalue weighted by atomic mass is 79.9. The quantitative estimate of drug-likeness (QED) is 0.608. The lowest BCUT2D eigenvalue weighted by Gasteiger charge is -2.28. The molecule has 0 spiro atoms. The van der Waals surface area contributed by atoms with Crippen molar-refractivity contribution in [3.63, 3.8) is 0 Å². The number of hydrogen-bond donors (Lipinski definition) is 0. The topological polar surface area (TPSA) is 68.7 Å². The number of pyridine rings is 1. The van der Waals surface area contributed by atoms with E-state index >= 15 is 0 Å². The molecule has 6 nitrogen and oxygen atoms in total. The molecule has 0 N–H and O–H groups in total. The highest BCUT2D eigenvalue weighted by Gasteiger charge is 2.27. The number of amides is 1. The first-order chi connectivity index (χ1) is 11.1. The molecule has 1 aliphatic rings. The zero-order valence-corrected chi connectivity index (χ0v) is 13.9. The van der Waals surface area contributed by atoms with Crippen molar-refractivity contribution in [2.24, 2.45) is 0 Å². The van der Waals surface area contributed by atoms with Gasteiger partial charge in [-0.3, -0.25) is 9.69 Å². The van der Waals surface area contributed by atoms with E-state index in [1.54, 1.807) is 35.2 Å². The number of carbonyl (C=O) groups excluding carboxylic acids is 2. The number of nitrogens with zero attached hydrogens (tertiary/aromatic N) is 2. The summed E-state index contributed by atoms with van der Waals surface area (Å²) in [6, 6.07) is 10.5. The van der Waals surface area contributed by atoms with Gasteiger partial charge in [0.15, 0.2) is 18.2 Å². The molecule has 0 atom stereocenters. The minimum Gasteiger partial charge on any atom is -0.480 e. The van der Waals surface area contributed by atoms with Crippen molar-refractivity contribution in [2.45, 2.75) is 6.54 Å². The monoisotopic (exact) mass is 376 g/mol. The zero-order chi connectivity index (χ0) is 16.4. The van der Waals surface area contributed by atoms with E-state index < -0.39 is 5.97 Å². The van der Waals surface area contributed by atoms with Gasteiger partial charge in [0.1, 0.15) is 4.60 Å². The normalized spacial score (nSPS) is 13.3. The van der Waals surface area contributed by atoms with Crippen LogP contribution in [-0.2, 0) is 16.1 Å². The molecule has 0 fully saturated rings. The van der Waals surface area contributed by atoms with Crippen LogP contribution < -0.4 is 9.64 Å². The zero-order valence-electron chi connectivity index (χ0n) is 12.3. The molecule has 0 saturated heterocycles. The van der Waals surface area contributed by atoms with Crippen LogP contribution in [0.5, 0.6) is 5.75 Å². The average molecular weight is 377 g/mol. The minimum absolute atomic E-state index is 0.0347. The lowest BCUT2D eigenvalue weighted by atomic mass is 10.1. The van der Waals surface area contributed by atoms with E-state index in [0.29, 0.717) is 28.3 Å². The highest BCUT2D eigenvalue weighted by molar-refractivity contribution is 9.10. The van der Waals surface area contributed by atoms with Gasteiger partial charge >= 0.3 is 5.97 Å². The van der Waals surface area contributed by atoms with E-state index in [4.69, 9.17) is 9.47 Å². The molecule has 1 aromatic carbocycles. The number of benzene rings is 1. The second kappa shape index (κ2) is 6.37. The number of hydrogen-bond acceptors (Lipinski definition) is 5. The van der Waals surface area contributed by atoms with Crippen molar-refractivity contribution >= 4 is 33.6 Å². The maximum atomic E-state index is 12.2. The summed E-state index contributed by atoms with van der Waals surface area (Å²) < 4.78 is 10.7. The number of aromatic nitrogens is 1. The molecule has 1 aromatic heterocycles. The predicted octanol–water partition coefficient (Wildman–Crippen LogP) is 2.56. The molecule has 7 heteroatoms. The largest absolute Gasteiger partial charge is 0.480 e. The van der Waals surface area contributed by atoms with Gasteiger partial charge in [0, 0.05) is 0 Å². The van der Waals surface area contributed by atoms with Gasteiger partial charge in [-0.2, -0.15) is 0 Å². The molecule has 3 rings (SSSR count). The van der Waals surface area contributed by atoms with E-state index in [1.807, 2.05) is 6.07 Å². The number of rotatable bonds is 3. The van der Waals surface area contributed by atoms with Crippen molar-refractivity contribution in [1.82, 2.24) is 4.98 Å². The maximum absolute atomic E-state index is 12.2. The Morgan fingerprint density at radius 2 is 2.22 bits per heavy atom. The Balaban J connectivity index is 1.92. The maximum Gasteiger partial charge on any atom is 0.337 e. The van der Waals surface area contributed by atoms with Crippen molar-refractivity contribution < 1.29 is 19.1 Å². The Kier molecular flexibility index (Phi) is 4.29. The van der Waals surface area contributed by atoms with Gasteiger partial charge in [-0.15, -0.1) is 0 Å². The van der Waals surface area contributed by atoms with Crippen molar-refractivity contribution in [3.8, 4) is 5.75 Å². The van der Waals surface area contributed by atoms with Crippen LogP contribution in [0.3, 0.4) is 0 Å². The van der Waals surface area contributed by atoms with Crippen LogP contribution in [0.25, 0.3) is 0 Å². The molecule has 118 valence electrons. The van der Waals surface area contributed by atoms with E-state index in [1.165, 1.54) is 7.11 Å². The van der Waals surface area contributed by atoms with E-state index in [2.05, 4.69) is 20.9 Å². The molecule has 2 heterocycles. The first-order valence-electron chi connectivity index (χ1n) is 6.85. The van der Waals surface area contributed by atoms with Crippen molar-refractivity contribution in [3.05, 3.63) is 52.1 Å². The van der Waals surface area contributed by atoms with Gasteiger partial charge in [-0.05, 0) is 45.8 Å². The summed E-state index contributed by atoms with van der Waals surface area (Å²) in [5, 5.41) is 0. The molecule has 0 saturated carbocycles. The van der Waals surface area contributed by atoms with Crippen LogP contribution in [0.15, 0.2) is 41.0 Å². The third-order valence-corrected chi connectivity index (χ3v) is 3.84. The molecule has 0 aliphatic carbocycles. The van der Waals surface area contributed by atoms with Crippen LogP contribution in [-0.4, -0.2) is 30.6 Å². The average Bonchev–Trinajstić information content (AvgIpc) is 2.57. The van der Waals surface area contributed by atoms with E-state index in [9.17, 15) is 9.59 Å². The second-order valence-electron chi connectivity index (χ2n) is 4.92. The Hall–Kier alpha value is -2.41. The molecular formula is C16H13BrN2O4. The van der Waals surface area contributed by atoms with Crippen LogP contribution in [0.4, 0.5) is 5.82 Å². The second-order valence-corrected chi connectivity index (χ2v) is 5.73. The third-order valence-electron chi connectivity index (χ3n) is 3.40. The van der Waals surface area contributed by atoms with Gasteiger partial charge in [0.2, 0.25) is 0 Å². The first kappa shape index (κ1) is 15.5. The lowest BCUT2D eigenvalue weighted by Crippen LogP contribution is -2.39. The number of halogens is 1. The predicted molar refractivity (Wildman–Crippen MR) is 86.4 cm³/mol. The van der Waals surface area contributed by atoms with Gasteiger partial charge < -0.3 is 9.47 Å². The Morgan fingerprint density at radius 1 is 1.39 bits per heavy atom. The van der Waals surface area contributed by atoms with Gasteiger partial charge in [0.05, 0.1) is 19.2 Å². The number of anilines is 1. The molecule has 0 unspecified atom stereocenters. The summed E-state index contributed by atoms with van der Waals surface area (Å²) in [6.45, 7) is 0.260. The molecular weight excluding hydrogens is 364 g/mol. The summed E-state index contributed by atoms with van der Waals surface area (Å²) in [5.74, 6) is 0.406. The summed E-state index contributed by atoms with van der Waals surface area (Å²) in [4.78, 5) is 29.7. The Morgan fingerprint density at radius 3 is 3.00 bits per heavy atom. The third kappa shape index (κ3) is 3.19. The number of methoxy groups -OCH3 is 1. The molecule has 23 heavy (non-hydrogen) atoms. The van der Waals surface area contributed by atoms with Crippen LogP contribution in [0, 0.1) is 0 Å². The number of esters is 1. The SMILES string of the molecule is COC(=O)c1cccc(CN2C(=O)COc3ccc(Br)nc32)c1. The van der Waals surface area contributed by atoms with Gasteiger partial charge in [-0.25, -0.2) is 9.78 Å². The fourth-order valence-electron chi connectivity index (χ4n) is 2.31. The molecule has 1 aliphatic heterocycles. The highest BCUT2D eigenvalue weighted by Crippen LogP contribution is 2.32. The van der Waals surface area contributed by atoms with Gasteiger partial charge in [0.25, 0.3) is 5.91 Å². The van der Waals surface area contributed by atoms with Gasteiger partial charge in [-0.1, -0.05) is 12.1 Å².